The average molecular weight is 381 g/mol. The van der Waals surface area contributed by atoms with Gasteiger partial charge < -0.3 is 15.0 Å². The minimum absolute atomic E-state index is 0.0168. The van der Waals surface area contributed by atoms with Gasteiger partial charge in [-0.15, -0.1) is 0 Å². The summed E-state index contributed by atoms with van der Waals surface area (Å²) in [7, 11) is -3.10. The molecule has 1 heterocycles. The summed E-state index contributed by atoms with van der Waals surface area (Å²) < 4.78 is 29.2. The van der Waals surface area contributed by atoms with Gasteiger partial charge in [0.05, 0.1) is 5.75 Å². The fraction of sp³-hybridized carbons (Fsp3) is 0.632. The van der Waals surface area contributed by atoms with Crippen LogP contribution in [0, 0.1) is 5.41 Å². The second-order valence-electron chi connectivity index (χ2n) is 8.06. The van der Waals surface area contributed by atoms with Gasteiger partial charge >= 0.3 is 6.03 Å². The summed E-state index contributed by atoms with van der Waals surface area (Å²) in [5.41, 5.74) is -0.183. The van der Waals surface area contributed by atoms with Gasteiger partial charge in [-0.1, -0.05) is 32.0 Å². The smallest absolute Gasteiger partial charge is 0.317 e. The summed E-state index contributed by atoms with van der Waals surface area (Å²) in [6, 6.07) is 9.33. The molecule has 2 aliphatic rings. The Morgan fingerprint density at radius 2 is 2.00 bits per heavy atom. The van der Waals surface area contributed by atoms with Crippen molar-refractivity contribution in [2.24, 2.45) is 5.41 Å². The number of ether oxygens (including phenoxy) is 1. The van der Waals surface area contributed by atoms with Gasteiger partial charge in [0.15, 0.2) is 0 Å². The van der Waals surface area contributed by atoms with Crippen LogP contribution in [0.3, 0.4) is 0 Å². The summed E-state index contributed by atoms with van der Waals surface area (Å²) >= 11 is 0. The molecule has 0 bridgehead atoms. The Labute approximate surface area is 155 Å². The van der Waals surface area contributed by atoms with Crippen molar-refractivity contribution in [2.75, 3.05) is 18.6 Å². The first-order chi connectivity index (χ1) is 12.2. The van der Waals surface area contributed by atoms with Crippen LogP contribution in [0.15, 0.2) is 30.3 Å². The SMILES string of the molecule is CC1(C)[C@@H](NC(=O)N2CCC[C@@H]2CS(C)(=O)=O)C[C@H]1Oc1ccccc1. The van der Waals surface area contributed by atoms with E-state index in [0.29, 0.717) is 6.54 Å². The van der Waals surface area contributed by atoms with Crippen molar-refractivity contribution in [3.8, 4) is 5.75 Å². The zero-order valence-electron chi connectivity index (χ0n) is 15.6. The molecule has 0 aromatic heterocycles. The van der Waals surface area contributed by atoms with E-state index in [9.17, 15) is 13.2 Å². The highest BCUT2D eigenvalue weighted by Crippen LogP contribution is 2.43. The number of rotatable bonds is 5. The number of sulfone groups is 1. The first-order valence-corrected chi connectivity index (χ1v) is 11.2. The third kappa shape index (κ3) is 4.14. The van der Waals surface area contributed by atoms with E-state index in [4.69, 9.17) is 4.74 Å². The fourth-order valence-electron chi connectivity index (χ4n) is 3.85. The second-order valence-corrected chi connectivity index (χ2v) is 10.2. The first kappa shape index (κ1) is 19.0. The average Bonchev–Trinajstić information content (AvgIpc) is 3.01. The molecular formula is C19H28N2O4S. The van der Waals surface area contributed by atoms with E-state index in [1.54, 1.807) is 4.90 Å². The number of para-hydroxylation sites is 1. The maximum absolute atomic E-state index is 12.7. The lowest BCUT2D eigenvalue weighted by Gasteiger charge is -2.51. The van der Waals surface area contributed by atoms with Crippen LogP contribution < -0.4 is 10.1 Å². The summed E-state index contributed by atoms with van der Waals surface area (Å²) in [4.78, 5) is 14.4. The molecule has 0 spiro atoms. The molecule has 3 rings (SSSR count). The summed E-state index contributed by atoms with van der Waals surface area (Å²) in [5.74, 6) is 0.872. The topological polar surface area (TPSA) is 75.7 Å². The predicted molar refractivity (Wildman–Crippen MR) is 101 cm³/mol. The van der Waals surface area contributed by atoms with Crippen LogP contribution in [-0.2, 0) is 9.84 Å². The van der Waals surface area contributed by atoms with Gasteiger partial charge in [-0.2, -0.15) is 0 Å². The minimum atomic E-state index is -3.10. The maximum Gasteiger partial charge on any atom is 0.317 e. The molecule has 3 atom stereocenters. The number of urea groups is 1. The van der Waals surface area contributed by atoms with Crippen LogP contribution in [0.5, 0.6) is 5.75 Å². The summed E-state index contributed by atoms with van der Waals surface area (Å²) in [6.45, 7) is 4.79. The molecule has 1 saturated heterocycles. The Balaban J connectivity index is 1.57. The number of amides is 2. The molecule has 0 radical (unpaired) electrons. The van der Waals surface area contributed by atoms with Crippen molar-refractivity contribution in [1.29, 1.82) is 0 Å². The van der Waals surface area contributed by atoms with Crippen molar-refractivity contribution < 1.29 is 17.9 Å². The summed E-state index contributed by atoms with van der Waals surface area (Å²) in [6.07, 6.45) is 3.61. The van der Waals surface area contributed by atoms with Gasteiger partial charge in [-0.05, 0) is 25.0 Å². The van der Waals surface area contributed by atoms with E-state index in [0.717, 1.165) is 25.0 Å². The molecule has 144 valence electrons. The number of benzene rings is 1. The van der Waals surface area contributed by atoms with E-state index in [1.807, 2.05) is 30.3 Å². The standard InChI is InChI=1S/C19H28N2O4S/c1-19(2)16(12-17(19)25-15-9-5-4-6-10-15)20-18(22)21-11-7-8-14(21)13-26(3,23)24/h4-6,9-10,14,16-17H,7-8,11-13H2,1-3H3,(H,20,22)/t14-,16+,17-/m1/s1. The van der Waals surface area contributed by atoms with Crippen molar-refractivity contribution in [3.05, 3.63) is 30.3 Å². The molecule has 1 aliphatic heterocycles. The molecule has 26 heavy (non-hydrogen) atoms. The van der Waals surface area contributed by atoms with Gasteiger partial charge in [-0.25, -0.2) is 13.2 Å². The first-order valence-electron chi connectivity index (χ1n) is 9.13. The molecule has 1 aromatic carbocycles. The second kappa shape index (κ2) is 7.10. The number of nitrogens with zero attached hydrogens (tertiary/aromatic N) is 1. The van der Waals surface area contributed by atoms with Crippen LogP contribution in [0.2, 0.25) is 0 Å². The molecule has 1 aromatic rings. The fourth-order valence-corrected chi connectivity index (χ4v) is 4.90. The molecule has 2 fully saturated rings. The van der Waals surface area contributed by atoms with Crippen LogP contribution >= 0.6 is 0 Å². The molecule has 1 saturated carbocycles. The number of likely N-dealkylation sites (tertiary alicyclic amines) is 1. The third-order valence-corrected chi connectivity index (χ3v) is 6.62. The van der Waals surface area contributed by atoms with E-state index >= 15 is 0 Å². The lowest BCUT2D eigenvalue weighted by Crippen LogP contribution is -2.64. The lowest BCUT2D eigenvalue weighted by molar-refractivity contribution is -0.0514. The van der Waals surface area contributed by atoms with E-state index in [-0.39, 0.29) is 35.4 Å². The molecule has 6 nitrogen and oxygen atoms in total. The Kier molecular flexibility index (Phi) is 5.19. The van der Waals surface area contributed by atoms with Crippen molar-refractivity contribution in [2.45, 2.75) is 51.3 Å². The predicted octanol–water partition coefficient (Wildman–Crippen LogP) is 2.45. The largest absolute Gasteiger partial charge is 0.490 e. The minimum Gasteiger partial charge on any atom is -0.490 e. The Morgan fingerprint density at radius 3 is 2.62 bits per heavy atom. The monoisotopic (exact) mass is 380 g/mol. The number of carbonyl (C=O) groups excluding carboxylic acids is 1. The summed E-state index contributed by atoms with van der Waals surface area (Å²) in [5, 5.41) is 3.09. The Bertz CT molecular complexity index is 748. The van der Waals surface area contributed by atoms with Crippen LogP contribution in [0.25, 0.3) is 0 Å². The van der Waals surface area contributed by atoms with Crippen molar-refractivity contribution in [1.82, 2.24) is 10.2 Å². The Hall–Kier alpha value is -1.76. The number of carbonyl (C=O) groups is 1. The van der Waals surface area contributed by atoms with Gasteiger partial charge in [0.25, 0.3) is 0 Å². The Morgan fingerprint density at radius 1 is 1.31 bits per heavy atom. The van der Waals surface area contributed by atoms with Crippen molar-refractivity contribution >= 4 is 15.9 Å². The molecule has 1 N–H and O–H groups in total. The molecular weight excluding hydrogens is 352 g/mol. The number of hydrogen-bond donors (Lipinski definition) is 1. The normalized spacial score (nSPS) is 27.7. The zero-order chi connectivity index (χ0) is 18.9. The zero-order valence-corrected chi connectivity index (χ0v) is 16.5. The molecule has 7 heteroatoms. The van der Waals surface area contributed by atoms with E-state index in [1.165, 1.54) is 6.26 Å². The van der Waals surface area contributed by atoms with Crippen LogP contribution in [0.1, 0.15) is 33.1 Å². The molecule has 0 unspecified atom stereocenters. The third-order valence-electron chi connectivity index (χ3n) is 5.63. The van der Waals surface area contributed by atoms with Crippen LogP contribution in [0.4, 0.5) is 4.79 Å². The highest BCUT2D eigenvalue weighted by molar-refractivity contribution is 7.90. The highest BCUT2D eigenvalue weighted by Gasteiger charge is 2.51. The van der Waals surface area contributed by atoms with E-state index in [2.05, 4.69) is 19.2 Å². The van der Waals surface area contributed by atoms with E-state index < -0.39 is 9.84 Å². The number of nitrogens with one attached hydrogen (secondary N) is 1. The van der Waals surface area contributed by atoms with Crippen LogP contribution in [-0.4, -0.2) is 56.1 Å². The molecule has 1 aliphatic carbocycles. The number of hydrogen-bond acceptors (Lipinski definition) is 4. The van der Waals surface area contributed by atoms with Gasteiger partial charge in [0, 0.05) is 36.7 Å². The van der Waals surface area contributed by atoms with Crippen molar-refractivity contribution in [3.63, 3.8) is 0 Å². The highest BCUT2D eigenvalue weighted by atomic mass is 32.2. The van der Waals surface area contributed by atoms with Gasteiger partial charge in [0.2, 0.25) is 0 Å². The van der Waals surface area contributed by atoms with Gasteiger partial charge in [0.1, 0.15) is 21.7 Å². The van der Waals surface area contributed by atoms with Gasteiger partial charge in [-0.3, -0.25) is 0 Å². The maximum atomic E-state index is 12.7. The molecule has 2 amide bonds. The quantitative estimate of drug-likeness (QED) is 0.851. The lowest BCUT2D eigenvalue weighted by atomic mass is 9.64.